The van der Waals surface area contributed by atoms with Crippen molar-refractivity contribution in [3.63, 3.8) is 0 Å². The van der Waals surface area contributed by atoms with Gasteiger partial charge < -0.3 is 9.73 Å². The van der Waals surface area contributed by atoms with Gasteiger partial charge in [0.2, 0.25) is 5.91 Å². The number of nitrogens with zero attached hydrogens (tertiary/aromatic N) is 2. The zero-order chi connectivity index (χ0) is 18.6. The normalized spacial score (nSPS) is 12.5. The minimum Gasteiger partial charge on any atom is -0.467 e. The van der Waals surface area contributed by atoms with Crippen LogP contribution in [0.5, 0.6) is 0 Å². The molecule has 4 aromatic rings. The van der Waals surface area contributed by atoms with E-state index in [4.69, 9.17) is 16.0 Å². The molecule has 4 rings (SSSR count). The third-order valence-corrected chi connectivity index (χ3v) is 4.44. The van der Waals surface area contributed by atoms with Crippen LogP contribution in [0.15, 0.2) is 83.6 Å². The maximum absolute atomic E-state index is 12.6. The number of aromatic nitrogens is 2. The van der Waals surface area contributed by atoms with Crippen molar-refractivity contribution in [3.05, 3.63) is 101 Å². The minimum atomic E-state index is -0.379. The van der Waals surface area contributed by atoms with E-state index >= 15 is 0 Å². The van der Waals surface area contributed by atoms with Crippen molar-refractivity contribution < 1.29 is 9.21 Å². The summed E-state index contributed by atoms with van der Waals surface area (Å²) in [7, 11) is 0. The number of pyridine rings is 1. The lowest BCUT2D eigenvalue weighted by Gasteiger charge is -2.16. The summed E-state index contributed by atoms with van der Waals surface area (Å²) in [5, 5.41) is 3.32. The molecular formula is C21H16ClN3O2. The molecule has 0 radical (unpaired) electrons. The lowest BCUT2D eigenvalue weighted by Crippen LogP contribution is -2.27. The molecule has 3 heterocycles. The summed E-state index contributed by atoms with van der Waals surface area (Å²) < 4.78 is 7.33. The predicted molar refractivity (Wildman–Crippen MR) is 104 cm³/mol. The van der Waals surface area contributed by atoms with E-state index in [1.165, 1.54) is 6.08 Å². The average Bonchev–Trinajstić information content (AvgIpc) is 3.32. The topological polar surface area (TPSA) is 59.5 Å². The smallest absolute Gasteiger partial charge is 0.244 e. The van der Waals surface area contributed by atoms with Gasteiger partial charge in [-0.05, 0) is 35.9 Å². The Bertz CT molecular complexity index is 1090. The van der Waals surface area contributed by atoms with Crippen LogP contribution in [0.1, 0.15) is 23.1 Å². The molecule has 1 atom stereocenters. The molecule has 0 saturated carbocycles. The van der Waals surface area contributed by atoms with Crippen molar-refractivity contribution in [2.75, 3.05) is 0 Å². The molecule has 1 amide bonds. The molecule has 1 N–H and O–H groups in total. The third-order valence-electron chi connectivity index (χ3n) is 4.16. The number of hydrogen-bond donors (Lipinski definition) is 1. The van der Waals surface area contributed by atoms with Crippen molar-refractivity contribution >= 4 is 29.2 Å². The Morgan fingerprint density at radius 2 is 1.93 bits per heavy atom. The molecule has 1 unspecified atom stereocenters. The van der Waals surface area contributed by atoms with E-state index in [9.17, 15) is 4.79 Å². The fourth-order valence-electron chi connectivity index (χ4n) is 2.90. The fraction of sp³-hybridized carbons (Fsp3) is 0.0476. The third kappa shape index (κ3) is 3.64. The van der Waals surface area contributed by atoms with Gasteiger partial charge in [0.1, 0.15) is 17.4 Å². The zero-order valence-corrected chi connectivity index (χ0v) is 15.0. The lowest BCUT2D eigenvalue weighted by atomic mass is 10.0. The van der Waals surface area contributed by atoms with Crippen LogP contribution >= 0.6 is 11.6 Å². The number of furan rings is 1. The molecule has 6 heteroatoms. The molecule has 0 fully saturated rings. The predicted octanol–water partition coefficient (Wildman–Crippen LogP) is 4.50. The van der Waals surface area contributed by atoms with Crippen molar-refractivity contribution in [1.82, 2.24) is 14.7 Å². The second kappa shape index (κ2) is 7.51. The Morgan fingerprint density at radius 1 is 1.11 bits per heavy atom. The second-order valence-electron chi connectivity index (χ2n) is 5.92. The maximum atomic E-state index is 12.6. The van der Waals surface area contributed by atoms with Crippen molar-refractivity contribution in [2.24, 2.45) is 0 Å². The average molecular weight is 378 g/mol. The number of benzene rings is 1. The number of carbonyl (C=O) groups excluding carboxylic acids is 1. The summed E-state index contributed by atoms with van der Waals surface area (Å²) in [5.74, 6) is 0.401. The highest BCUT2D eigenvalue weighted by molar-refractivity contribution is 6.31. The molecule has 0 aliphatic heterocycles. The summed E-state index contributed by atoms with van der Waals surface area (Å²) in [6, 6.07) is 18.5. The van der Waals surface area contributed by atoms with E-state index in [0.717, 1.165) is 11.2 Å². The minimum absolute atomic E-state index is 0.262. The molecule has 0 aliphatic rings. The quantitative estimate of drug-likeness (QED) is 0.521. The van der Waals surface area contributed by atoms with E-state index < -0.39 is 0 Å². The van der Waals surface area contributed by atoms with E-state index in [-0.39, 0.29) is 11.9 Å². The van der Waals surface area contributed by atoms with Gasteiger partial charge >= 0.3 is 0 Å². The first-order valence-electron chi connectivity index (χ1n) is 8.42. The van der Waals surface area contributed by atoms with Gasteiger partial charge in [0, 0.05) is 12.3 Å². The van der Waals surface area contributed by atoms with Gasteiger partial charge in [-0.15, -0.1) is 0 Å². The SMILES string of the molecule is O=C(/C=C/c1c(Cl)nc2ccccn12)NC(c1ccccc1)c1ccco1. The van der Waals surface area contributed by atoms with Crippen molar-refractivity contribution in [1.29, 1.82) is 0 Å². The van der Waals surface area contributed by atoms with Gasteiger partial charge in [0.15, 0.2) is 5.15 Å². The van der Waals surface area contributed by atoms with E-state index in [1.807, 2.05) is 65.2 Å². The number of imidazole rings is 1. The second-order valence-corrected chi connectivity index (χ2v) is 6.28. The first-order chi connectivity index (χ1) is 13.2. The molecule has 0 saturated heterocycles. The van der Waals surface area contributed by atoms with Crippen molar-refractivity contribution in [2.45, 2.75) is 6.04 Å². The van der Waals surface area contributed by atoms with Crippen LogP contribution in [0, 0.1) is 0 Å². The summed E-state index contributed by atoms with van der Waals surface area (Å²) in [4.78, 5) is 16.8. The van der Waals surface area contributed by atoms with Gasteiger partial charge in [-0.2, -0.15) is 0 Å². The van der Waals surface area contributed by atoms with Crippen LogP contribution in [0.4, 0.5) is 0 Å². The molecule has 27 heavy (non-hydrogen) atoms. The van der Waals surface area contributed by atoms with Gasteiger partial charge in [0.05, 0.1) is 12.0 Å². The number of nitrogens with one attached hydrogen (secondary N) is 1. The molecule has 1 aromatic carbocycles. The highest BCUT2D eigenvalue weighted by Crippen LogP contribution is 2.23. The van der Waals surface area contributed by atoms with Gasteiger partial charge in [-0.3, -0.25) is 9.20 Å². The Balaban J connectivity index is 1.58. The van der Waals surface area contributed by atoms with Crippen LogP contribution in [-0.2, 0) is 4.79 Å². The van der Waals surface area contributed by atoms with E-state index in [1.54, 1.807) is 18.4 Å². The maximum Gasteiger partial charge on any atom is 0.244 e. The number of hydrogen-bond acceptors (Lipinski definition) is 3. The molecule has 0 spiro atoms. The Kier molecular flexibility index (Phi) is 4.77. The summed E-state index contributed by atoms with van der Waals surface area (Å²) in [5.41, 5.74) is 2.30. The number of amides is 1. The summed E-state index contributed by atoms with van der Waals surface area (Å²) >= 11 is 6.20. The summed E-state index contributed by atoms with van der Waals surface area (Å²) in [6.45, 7) is 0. The van der Waals surface area contributed by atoms with Gasteiger partial charge in [-0.1, -0.05) is 48.0 Å². The van der Waals surface area contributed by atoms with Crippen LogP contribution in [0.2, 0.25) is 5.15 Å². The Hall–Kier alpha value is -3.31. The first kappa shape index (κ1) is 17.1. The highest BCUT2D eigenvalue weighted by atomic mass is 35.5. The Labute approximate surface area is 160 Å². The highest BCUT2D eigenvalue weighted by Gasteiger charge is 2.18. The fourth-order valence-corrected chi connectivity index (χ4v) is 3.14. The largest absolute Gasteiger partial charge is 0.467 e. The van der Waals surface area contributed by atoms with Crippen LogP contribution in [-0.4, -0.2) is 15.3 Å². The van der Waals surface area contributed by atoms with E-state index in [2.05, 4.69) is 10.3 Å². The number of rotatable bonds is 5. The Morgan fingerprint density at radius 3 is 2.70 bits per heavy atom. The molecule has 134 valence electrons. The summed E-state index contributed by atoms with van der Waals surface area (Å²) in [6.07, 6.45) is 6.54. The van der Waals surface area contributed by atoms with E-state index in [0.29, 0.717) is 16.6 Å². The van der Waals surface area contributed by atoms with Crippen molar-refractivity contribution in [3.8, 4) is 0 Å². The van der Waals surface area contributed by atoms with Gasteiger partial charge in [0.25, 0.3) is 0 Å². The standard InChI is InChI=1S/C21H16ClN3O2/c22-21-16(25-13-5-4-10-18(25)23-21)11-12-19(26)24-20(17-9-6-14-27-17)15-7-2-1-3-8-15/h1-14,20H,(H,24,26)/b12-11+. The zero-order valence-electron chi connectivity index (χ0n) is 14.2. The molecular weight excluding hydrogens is 362 g/mol. The molecule has 0 bridgehead atoms. The monoisotopic (exact) mass is 377 g/mol. The number of fused-ring (bicyclic) bond motifs is 1. The van der Waals surface area contributed by atoms with Gasteiger partial charge in [-0.25, -0.2) is 4.98 Å². The molecule has 3 aromatic heterocycles. The molecule has 5 nitrogen and oxygen atoms in total. The molecule has 0 aliphatic carbocycles. The number of halogens is 1. The van der Waals surface area contributed by atoms with Crippen LogP contribution in [0.3, 0.4) is 0 Å². The first-order valence-corrected chi connectivity index (χ1v) is 8.79. The lowest BCUT2D eigenvalue weighted by molar-refractivity contribution is -0.117. The number of carbonyl (C=O) groups is 1. The van der Waals surface area contributed by atoms with Crippen LogP contribution < -0.4 is 5.32 Å². The van der Waals surface area contributed by atoms with Crippen LogP contribution in [0.25, 0.3) is 11.7 Å².